The molecule has 72 valence electrons. The van der Waals surface area contributed by atoms with Gasteiger partial charge in [0.2, 0.25) is 0 Å². The van der Waals surface area contributed by atoms with E-state index in [0.29, 0.717) is 20.6 Å². The maximum Gasteiger partial charge on any atom is 0.0940 e. The number of rotatable bonds is 2. The third-order valence-corrected chi connectivity index (χ3v) is 2.89. The highest BCUT2D eigenvalue weighted by atomic mass is 35.5. The Morgan fingerprint density at radius 3 is 2.15 bits per heavy atom. The smallest absolute Gasteiger partial charge is 0.0940 e. The lowest BCUT2D eigenvalue weighted by atomic mass is 10.1. The molecule has 0 aliphatic heterocycles. The molecule has 0 bridgehead atoms. The standard InChI is InChI=1S/C8H6Cl4O/c9-3-8(13)4-1-6(11)7(12)2-5(4)10/h1-2,8,13H,3H2. The first-order chi connectivity index (χ1) is 6.06. The number of hydrogen-bond acceptors (Lipinski definition) is 1. The fourth-order valence-corrected chi connectivity index (χ4v) is 1.72. The van der Waals surface area contributed by atoms with Gasteiger partial charge in [0.15, 0.2) is 0 Å². The van der Waals surface area contributed by atoms with Gasteiger partial charge in [-0.1, -0.05) is 34.8 Å². The number of halogens is 4. The third kappa shape index (κ3) is 2.64. The largest absolute Gasteiger partial charge is 0.387 e. The molecule has 1 N–H and O–H groups in total. The van der Waals surface area contributed by atoms with Crippen LogP contribution in [-0.2, 0) is 0 Å². The van der Waals surface area contributed by atoms with E-state index < -0.39 is 6.10 Å². The van der Waals surface area contributed by atoms with Crippen LogP contribution in [0.2, 0.25) is 15.1 Å². The lowest BCUT2D eigenvalue weighted by Crippen LogP contribution is -1.99. The summed E-state index contributed by atoms with van der Waals surface area (Å²) in [6, 6.07) is 3.00. The molecule has 0 spiro atoms. The molecule has 1 unspecified atom stereocenters. The van der Waals surface area contributed by atoms with E-state index in [1.807, 2.05) is 0 Å². The first-order valence-corrected chi connectivity index (χ1v) is 5.11. The zero-order chi connectivity index (χ0) is 10.0. The predicted octanol–water partition coefficient (Wildman–Crippen LogP) is 3.92. The van der Waals surface area contributed by atoms with Gasteiger partial charge in [-0.2, -0.15) is 0 Å². The van der Waals surface area contributed by atoms with Crippen molar-refractivity contribution >= 4 is 46.4 Å². The molecule has 0 amide bonds. The van der Waals surface area contributed by atoms with Crippen molar-refractivity contribution in [3.05, 3.63) is 32.8 Å². The molecule has 0 saturated carbocycles. The summed E-state index contributed by atoms with van der Waals surface area (Å²) in [7, 11) is 0. The van der Waals surface area contributed by atoms with Crippen LogP contribution in [0.5, 0.6) is 0 Å². The molecule has 1 rings (SSSR count). The summed E-state index contributed by atoms with van der Waals surface area (Å²) in [5.41, 5.74) is 0.492. The van der Waals surface area contributed by atoms with Gasteiger partial charge in [-0.05, 0) is 12.1 Å². The average molecular weight is 260 g/mol. The normalized spacial score (nSPS) is 13.0. The number of alkyl halides is 1. The number of hydrogen-bond donors (Lipinski definition) is 1. The van der Waals surface area contributed by atoms with Gasteiger partial charge in [-0.3, -0.25) is 0 Å². The third-order valence-electron chi connectivity index (χ3n) is 1.54. The van der Waals surface area contributed by atoms with E-state index in [4.69, 9.17) is 46.4 Å². The summed E-state index contributed by atoms with van der Waals surface area (Å²) >= 11 is 22.7. The van der Waals surface area contributed by atoms with Crippen LogP contribution < -0.4 is 0 Å². The molecule has 0 radical (unpaired) electrons. The summed E-state index contributed by atoms with van der Waals surface area (Å²) in [6.45, 7) is 0. The molecule has 0 fully saturated rings. The van der Waals surface area contributed by atoms with Gasteiger partial charge in [0.05, 0.1) is 22.0 Å². The highest BCUT2D eigenvalue weighted by molar-refractivity contribution is 6.43. The zero-order valence-electron chi connectivity index (χ0n) is 6.40. The lowest BCUT2D eigenvalue weighted by molar-refractivity contribution is 0.203. The summed E-state index contributed by atoms with van der Waals surface area (Å²) < 4.78 is 0. The predicted molar refractivity (Wildman–Crippen MR) is 57.2 cm³/mol. The van der Waals surface area contributed by atoms with Crippen LogP contribution in [0.25, 0.3) is 0 Å². The molecule has 0 aliphatic carbocycles. The first-order valence-electron chi connectivity index (χ1n) is 3.44. The Hall–Kier alpha value is 0.340. The van der Waals surface area contributed by atoms with Crippen LogP contribution >= 0.6 is 46.4 Å². The molecule has 1 aromatic rings. The van der Waals surface area contributed by atoms with E-state index in [9.17, 15) is 5.11 Å². The Kier molecular flexibility index (Phi) is 4.14. The highest BCUT2D eigenvalue weighted by Crippen LogP contribution is 2.32. The number of aliphatic hydroxyl groups is 1. The quantitative estimate of drug-likeness (QED) is 0.631. The van der Waals surface area contributed by atoms with Crippen LogP contribution in [0.15, 0.2) is 12.1 Å². The van der Waals surface area contributed by atoms with Gasteiger partial charge < -0.3 is 5.11 Å². The van der Waals surface area contributed by atoms with Gasteiger partial charge in [-0.25, -0.2) is 0 Å². The number of aliphatic hydroxyl groups excluding tert-OH is 1. The monoisotopic (exact) mass is 258 g/mol. The Labute approximate surface area is 96.2 Å². The van der Waals surface area contributed by atoms with Gasteiger partial charge in [-0.15, -0.1) is 11.6 Å². The molecule has 0 aliphatic rings. The van der Waals surface area contributed by atoms with E-state index in [1.54, 1.807) is 0 Å². The molecule has 1 nitrogen and oxygen atoms in total. The van der Waals surface area contributed by atoms with Crippen LogP contribution in [0, 0.1) is 0 Å². The van der Waals surface area contributed by atoms with Crippen LogP contribution in [0.3, 0.4) is 0 Å². The van der Waals surface area contributed by atoms with Crippen molar-refractivity contribution in [3.8, 4) is 0 Å². The first kappa shape index (κ1) is 11.4. The fourth-order valence-electron chi connectivity index (χ4n) is 0.876. The molecule has 1 atom stereocenters. The van der Waals surface area contributed by atoms with Crippen molar-refractivity contribution in [2.45, 2.75) is 6.10 Å². The van der Waals surface area contributed by atoms with Crippen LogP contribution in [0.4, 0.5) is 0 Å². The van der Waals surface area contributed by atoms with E-state index in [-0.39, 0.29) is 5.88 Å². The molecule has 1 aromatic carbocycles. The SMILES string of the molecule is OC(CCl)c1cc(Cl)c(Cl)cc1Cl. The van der Waals surface area contributed by atoms with Gasteiger partial charge in [0.25, 0.3) is 0 Å². The molecule has 13 heavy (non-hydrogen) atoms. The molecule has 0 saturated heterocycles. The van der Waals surface area contributed by atoms with Gasteiger partial charge in [0.1, 0.15) is 0 Å². The van der Waals surface area contributed by atoms with Gasteiger partial charge in [0, 0.05) is 10.6 Å². The topological polar surface area (TPSA) is 20.2 Å². The van der Waals surface area contributed by atoms with Crippen LogP contribution in [0.1, 0.15) is 11.7 Å². The molecule has 0 aromatic heterocycles. The molecule has 0 heterocycles. The molecule has 5 heteroatoms. The van der Waals surface area contributed by atoms with Crippen molar-refractivity contribution in [3.63, 3.8) is 0 Å². The van der Waals surface area contributed by atoms with E-state index in [1.165, 1.54) is 12.1 Å². The van der Waals surface area contributed by atoms with E-state index in [2.05, 4.69) is 0 Å². The summed E-state index contributed by atoms with van der Waals surface area (Å²) in [5.74, 6) is 0.0671. The Bertz CT molecular complexity index is 313. The van der Waals surface area contributed by atoms with Gasteiger partial charge >= 0.3 is 0 Å². The fraction of sp³-hybridized carbons (Fsp3) is 0.250. The minimum Gasteiger partial charge on any atom is -0.387 e. The lowest BCUT2D eigenvalue weighted by Gasteiger charge is -2.10. The Balaban J connectivity index is 3.15. The second-order valence-corrected chi connectivity index (χ2v) is 3.99. The van der Waals surface area contributed by atoms with Crippen molar-refractivity contribution < 1.29 is 5.11 Å². The van der Waals surface area contributed by atoms with Crippen molar-refractivity contribution in [1.29, 1.82) is 0 Å². The number of benzene rings is 1. The average Bonchev–Trinajstić information content (AvgIpc) is 2.10. The van der Waals surface area contributed by atoms with E-state index in [0.717, 1.165) is 0 Å². The second kappa shape index (κ2) is 4.72. The van der Waals surface area contributed by atoms with E-state index >= 15 is 0 Å². The summed E-state index contributed by atoms with van der Waals surface area (Å²) in [5, 5.41) is 10.5. The molecular weight excluding hydrogens is 254 g/mol. The van der Waals surface area contributed by atoms with Crippen molar-refractivity contribution in [1.82, 2.24) is 0 Å². The summed E-state index contributed by atoms with van der Waals surface area (Å²) in [4.78, 5) is 0. The maximum atomic E-state index is 9.41. The zero-order valence-corrected chi connectivity index (χ0v) is 9.42. The minimum atomic E-state index is -0.816. The maximum absolute atomic E-state index is 9.41. The van der Waals surface area contributed by atoms with Crippen LogP contribution in [-0.4, -0.2) is 11.0 Å². The Morgan fingerprint density at radius 1 is 1.08 bits per heavy atom. The highest BCUT2D eigenvalue weighted by Gasteiger charge is 2.12. The minimum absolute atomic E-state index is 0.0671. The Morgan fingerprint density at radius 2 is 1.62 bits per heavy atom. The molecular formula is C8H6Cl4O. The summed E-state index contributed by atoms with van der Waals surface area (Å²) in [6.07, 6.45) is -0.816. The second-order valence-electron chi connectivity index (χ2n) is 2.46. The van der Waals surface area contributed by atoms with Crippen molar-refractivity contribution in [2.75, 3.05) is 5.88 Å². The van der Waals surface area contributed by atoms with Crippen molar-refractivity contribution in [2.24, 2.45) is 0 Å².